The second kappa shape index (κ2) is 5.25. The Morgan fingerprint density at radius 3 is 2.00 bits per heavy atom. The van der Waals surface area contributed by atoms with Gasteiger partial charge in [0.15, 0.2) is 9.93 Å². The van der Waals surface area contributed by atoms with Gasteiger partial charge in [-0.25, -0.2) is 5.11 Å². The molecule has 0 saturated heterocycles. The van der Waals surface area contributed by atoms with Gasteiger partial charge < -0.3 is 0 Å². The zero-order valence-corrected chi connectivity index (χ0v) is 14.8. The summed E-state index contributed by atoms with van der Waals surface area (Å²) >= 11 is 41.5. The molecule has 0 saturated carbocycles. The third kappa shape index (κ3) is 2.35. The zero-order chi connectivity index (χ0) is 15.4. The quantitative estimate of drug-likeness (QED) is 0.525. The maximum absolute atomic E-state index is 13.1. The van der Waals surface area contributed by atoms with Crippen LogP contribution in [0.25, 0.3) is 6.08 Å². The average molecular weight is 414 g/mol. The number of benzene rings is 1. The van der Waals surface area contributed by atoms with Gasteiger partial charge in [-0.3, -0.25) is 0 Å². The molecule has 20 heavy (non-hydrogen) atoms. The van der Waals surface area contributed by atoms with Crippen LogP contribution in [-0.4, -0.2) is 12.5 Å². The van der Waals surface area contributed by atoms with Gasteiger partial charge in [-0.2, -0.15) is 0 Å². The first kappa shape index (κ1) is 17.3. The van der Waals surface area contributed by atoms with Crippen molar-refractivity contribution >= 4 is 87.3 Å². The Bertz CT molecular complexity index is 561. The molecule has 1 radical (unpaired) electrons. The Morgan fingerprint density at radius 2 is 1.45 bits per heavy atom. The maximum atomic E-state index is 13.1. The first-order valence-electron chi connectivity index (χ1n) is 5.27. The van der Waals surface area contributed by atoms with Gasteiger partial charge in [0.05, 0.1) is 0 Å². The monoisotopic (exact) mass is 411 g/mol. The average Bonchev–Trinajstić information content (AvgIpc) is 2.68. The van der Waals surface area contributed by atoms with Crippen LogP contribution >= 0.6 is 81.2 Å². The molecule has 1 aliphatic rings. The first-order chi connectivity index (χ1) is 8.95. The number of halogens is 7. The van der Waals surface area contributed by atoms with Crippen LogP contribution in [0.15, 0.2) is 30.3 Å². The van der Waals surface area contributed by atoms with E-state index in [4.69, 9.17) is 81.2 Å². The fourth-order valence-electron chi connectivity index (χ4n) is 1.96. The summed E-state index contributed by atoms with van der Waals surface area (Å²) in [5.74, 6) is 0. The van der Waals surface area contributed by atoms with Crippen molar-refractivity contribution in [3.63, 3.8) is 0 Å². The van der Waals surface area contributed by atoms with E-state index in [1.165, 1.54) is 6.08 Å². The molecule has 0 bridgehead atoms. The van der Waals surface area contributed by atoms with Gasteiger partial charge in [0, 0.05) is 5.56 Å². The highest BCUT2D eigenvalue weighted by molar-refractivity contribution is 6.78. The summed E-state index contributed by atoms with van der Waals surface area (Å²) in [7, 11) is 0. The van der Waals surface area contributed by atoms with Crippen molar-refractivity contribution in [3.8, 4) is 0 Å². The number of rotatable bonds is 2. The first-order valence-corrected chi connectivity index (χ1v) is 7.91. The van der Waals surface area contributed by atoms with Crippen molar-refractivity contribution in [2.45, 2.75) is 18.1 Å². The Balaban J connectivity index is 2.59. The summed E-state index contributed by atoms with van der Waals surface area (Å²) in [6, 6.07) is 6.74. The van der Waals surface area contributed by atoms with Crippen LogP contribution in [0.4, 0.5) is 0 Å². The Hall–Kier alpha value is 0.950. The summed E-state index contributed by atoms with van der Waals surface area (Å²) in [4.78, 5) is 0. The summed E-state index contributed by atoms with van der Waals surface area (Å²) in [6.07, 6.45) is 2.83. The highest BCUT2D eigenvalue weighted by atomic mass is 35.6. The molecule has 8 heteroatoms. The van der Waals surface area contributed by atoms with E-state index < -0.39 is 18.1 Å². The van der Waals surface area contributed by atoms with E-state index in [0.717, 1.165) is 0 Å². The van der Waals surface area contributed by atoms with E-state index in [1.54, 1.807) is 30.3 Å². The normalized spacial score (nSPS) is 23.0. The van der Waals surface area contributed by atoms with Gasteiger partial charge in [0.1, 0.15) is 0 Å². The molecule has 0 amide bonds. The molecule has 0 spiro atoms. The van der Waals surface area contributed by atoms with Gasteiger partial charge in [-0.1, -0.05) is 112 Å². The minimum absolute atomic E-state index is 0.310. The van der Waals surface area contributed by atoms with Gasteiger partial charge >= 0.3 is 0 Å². The number of fused-ring (bicyclic) bond motifs is 1. The molecule has 1 aromatic carbocycles. The SMILES string of the molecule is [O]C1(C(Cl)(Cl)C(Cl)(Cl)C(Cl)(Cl)Cl)C=Cc2ccccc21. The smallest absolute Gasteiger partial charge is 0.216 e. The highest BCUT2D eigenvalue weighted by Gasteiger charge is 2.69. The van der Waals surface area contributed by atoms with E-state index >= 15 is 0 Å². The van der Waals surface area contributed by atoms with Crippen LogP contribution in [0, 0.1) is 0 Å². The molecule has 1 nitrogen and oxygen atoms in total. The molecular weight excluding hydrogens is 408 g/mol. The lowest BCUT2D eigenvalue weighted by Crippen LogP contribution is -2.57. The molecule has 0 N–H and O–H groups in total. The predicted molar refractivity (Wildman–Crippen MR) is 87.0 cm³/mol. The van der Waals surface area contributed by atoms with E-state index in [2.05, 4.69) is 0 Å². The lowest BCUT2D eigenvalue weighted by Gasteiger charge is -2.44. The molecule has 0 aromatic heterocycles. The Morgan fingerprint density at radius 1 is 0.900 bits per heavy atom. The Kier molecular flexibility index (Phi) is 4.54. The van der Waals surface area contributed by atoms with Crippen LogP contribution in [0.2, 0.25) is 0 Å². The summed E-state index contributed by atoms with van der Waals surface area (Å²) in [5.41, 5.74) is -1.19. The fraction of sp³-hybridized carbons (Fsp3) is 0.333. The number of alkyl halides is 7. The van der Waals surface area contributed by atoms with Gasteiger partial charge in [0.2, 0.25) is 8.13 Å². The van der Waals surface area contributed by atoms with Crippen molar-refractivity contribution in [3.05, 3.63) is 41.5 Å². The molecule has 109 valence electrons. The third-order valence-corrected chi connectivity index (χ3v) is 7.16. The summed E-state index contributed by atoms with van der Waals surface area (Å²) in [6.45, 7) is 0. The van der Waals surface area contributed by atoms with E-state index in [1.807, 2.05) is 0 Å². The fourth-order valence-corrected chi connectivity index (χ4v) is 3.57. The van der Waals surface area contributed by atoms with E-state index in [0.29, 0.717) is 11.1 Å². The molecule has 0 heterocycles. The van der Waals surface area contributed by atoms with Gasteiger partial charge in [0.25, 0.3) is 0 Å². The topological polar surface area (TPSA) is 19.9 Å². The predicted octanol–water partition coefficient (Wildman–Crippen LogP) is 6.06. The minimum atomic E-state index is -2.34. The molecule has 0 aliphatic heterocycles. The second-order valence-corrected chi connectivity index (χ2v) is 9.24. The Labute approximate surface area is 151 Å². The van der Waals surface area contributed by atoms with E-state index in [-0.39, 0.29) is 0 Å². The second-order valence-electron chi connectivity index (χ2n) is 4.30. The lowest BCUT2D eigenvalue weighted by molar-refractivity contribution is -0.00615. The molecule has 2 rings (SSSR count). The van der Waals surface area contributed by atoms with Crippen molar-refractivity contribution in [2.75, 3.05) is 0 Å². The van der Waals surface area contributed by atoms with Crippen LogP contribution < -0.4 is 0 Å². The largest absolute Gasteiger partial charge is 0.226 e. The molecule has 1 unspecified atom stereocenters. The molecule has 1 aliphatic carbocycles. The lowest BCUT2D eigenvalue weighted by atomic mass is 9.90. The van der Waals surface area contributed by atoms with Crippen molar-refractivity contribution in [1.29, 1.82) is 0 Å². The van der Waals surface area contributed by atoms with Crippen molar-refractivity contribution in [2.24, 2.45) is 0 Å². The minimum Gasteiger partial charge on any atom is -0.216 e. The maximum Gasteiger partial charge on any atom is 0.226 e. The third-order valence-electron chi connectivity index (χ3n) is 3.08. The number of hydrogen-bond acceptors (Lipinski definition) is 0. The van der Waals surface area contributed by atoms with Crippen LogP contribution in [0.1, 0.15) is 11.1 Å². The van der Waals surface area contributed by atoms with Crippen LogP contribution in [0.5, 0.6) is 0 Å². The van der Waals surface area contributed by atoms with Gasteiger partial charge in [-0.15, -0.1) is 0 Å². The number of hydrogen-bond donors (Lipinski definition) is 0. The zero-order valence-electron chi connectivity index (χ0n) is 9.52. The molecule has 0 fully saturated rings. The molecular formula is C12H6Cl7O. The van der Waals surface area contributed by atoms with E-state index in [9.17, 15) is 5.11 Å². The van der Waals surface area contributed by atoms with Gasteiger partial charge in [-0.05, 0) is 11.6 Å². The standard InChI is InChI=1S/C12H6Cl7O/c13-10(14,11(15,16)12(17,18)19)9(20)6-5-7-3-1-2-4-8(7)9/h1-6H. The summed E-state index contributed by atoms with van der Waals surface area (Å²) in [5, 5.41) is 13.1. The van der Waals surface area contributed by atoms with Crippen LogP contribution in [0.3, 0.4) is 0 Å². The summed E-state index contributed by atoms with van der Waals surface area (Å²) < 4.78 is -6.92. The van der Waals surface area contributed by atoms with Crippen LogP contribution in [-0.2, 0) is 10.7 Å². The van der Waals surface area contributed by atoms with Crippen molar-refractivity contribution < 1.29 is 5.11 Å². The highest BCUT2D eigenvalue weighted by Crippen LogP contribution is 2.63. The van der Waals surface area contributed by atoms with Crippen molar-refractivity contribution in [1.82, 2.24) is 0 Å². The molecule has 1 atom stereocenters. The molecule has 1 aromatic rings.